The summed E-state index contributed by atoms with van der Waals surface area (Å²) in [5, 5.41) is 12.1. The van der Waals surface area contributed by atoms with Gasteiger partial charge >= 0.3 is 0 Å². The van der Waals surface area contributed by atoms with Crippen LogP contribution in [-0.2, 0) is 11.3 Å². The highest BCUT2D eigenvalue weighted by molar-refractivity contribution is 6.07. The van der Waals surface area contributed by atoms with Crippen molar-refractivity contribution in [1.29, 1.82) is 0 Å². The van der Waals surface area contributed by atoms with Crippen LogP contribution in [-0.4, -0.2) is 42.2 Å². The molecule has 0 saturated carbocycles. The maximum atomic E-state index is 13.5. The van der Waals surface area contributed by atoms with Crippen LogP contribution in [0.1, 0.15) is 54.7 Å². The van der Waals surface area contributed by atoms with Crippen LogP contribution in [0.15, 0.2) is 36.4 Å². The number of hydrogen-bond acceptors (Lipinski definition) is 6. The molecule has 2 aromatic carbocycles. The van der Waals surface area contributed by atoms with Gasteiger partial charge in [-0.3, -0.25) is 9.59 Å². The largest absolute Gasteiger partial charge is 0.493 e. The van der Waals surface area contributed by atoms with Gasteiger partial charge in [-0.05, 0) is 42.7 Å². The Balaban J connectivity index is 1.96. The van der Waals surface area contributed by atoms with Gasteiger partial charge in [0, 0.05) is 19.0 Å². The molecule has 172 valence electrons. The van der Waals surface area contributed by atoms with Crippen molar-refractivity contribution in [3.63, 3.8) is 0 Å². The molecule has 8 heteroatoms. The summed E-state index contributed by atoms with van der Waals surface area (Å²) >= 11 is 0. The van der Waals surface area contributed by atoms with Crippen LogP contribution >= 0.6 is 0 Å². The Hall–Kier alpha value is -3.10. The second-order valence-corrected chi connectivity index (χ2v) is 7.97. The summed E-state index contributed by atoms with van der Waals surface area (Å²) < 4.78 is 11.1. The molecule has 0 aromatic heterocycles. The van der Waals surface area contributed by atoms with Gasteiger partial charge in [0.2, 0.25) is 5.91 Å². The van der Waals surface area contributed by atoms with E-state index in [2.05, 4.69) is 10.8 Å². The molecule has 8 nitrogen and oxygen atoms in total. The van der Waals surface area contributed by atoms with Crippen molar-refractivity contribution in [2.24, 2.45) is 5.92 Å². The predicted octanol–water partition coefficient (Wildman–Crippen LogP) is 3.75. The number of nitrogens with zero attached hydrogens (tertiary/aromatic N) is 1. The third-order valence-corrected chi connectivity index (χ3v) is 5.53. The smallest absolute Gasteiger partial charge is 0.257 e. The average molecular weight is 442 g/mol. The fraction of sp³-hybridized carbons (Fsp3) is 0.417. The van der Waals surface area contributed by atoms with E-state index in [9.17, 15) is 14.8 Å². The van der Waals surface area contributed by atoms with Gasteiger partial charge in [0.1, 0.15) is 0 Å². The lowest BCUT2D eigenvalue weighted by atomic mass is 10.0. The van der Waals surface area contributed by atoms with Crippen molar-refractivity contribution < 1.29 is 24.3 Å². The zero-order valence-electron chi connectivity index (χ0n) is 19.0. The lowest BCUT2D eigenvalue weighted by molar-refractivity contribution is -0.118. The number of amides is 2. The molecule has 1 atom stereocenters. The fourth-order valence-corrected chi connectivity index (χ4v) is 3.89. The molecule has 1 unspecified atom stereocenters. The van der Waals surface area contributed by atoms with Crippen molar-refractivity contribution in [2.75, 3.05) is 25.6 Å². The monoisotopic (exact) mass is 441 g/mol. The van der Waals surface area contributed by atoms with E-state index in [0.717, 1.165) is 11.1 Å². The molecular formula is C24H31N3O5. The quantitative estimate of drug-likeness (QED) is 0.486. The summed E-state index contributed by atoms with van der Waals surface area (Å²) in [6, 6.07) is 10.8. The normalized spacial score (nSPS) is 13.8. The Morgan fingerprint density at radius 1 is 1.22 bits per heavy atom. The number of anilines is 1. The molecule has 0 bridgehead atoms. The van der Waals surface area contributed by atoms with Crippen LogP contribution in [0.25, 0.3) is 0 Å². The lowest BCUT2D eigenvalue weighted by Crippen LogP contribution is -2.31. The number of benzene rings is 2. The number of methoxy groups -OCH3 is 1. The summed E-state index contributed by atoms with van der Waals surface area (Å²) in [6.07, 6.45) is 0.488. The van der Waals surface area contributed by atoms with Crippen LogP contribution in [0.2, 0.25) is 0 Å². The molecule has 3 rings (SSSR count). The highest BCUT2D eigenvalue weighted by Crippen LogP contribution is 2.39. The second kappa shape index (κ2) is 10.5. The third kappa shape index (κ3) is 4.87. The number of fused-ring (bicyclic) bond motifs is 1. The molecule has 0 radical (unpaired) electrons. The Kier molecular flexibility index (Phi) is 7.71. The molecule has 0 saturated heterocycles. The van der Waals surface area contributed by atoms with Gasteiger partial charge in [-0.15, -0.1) is 0 Å². The Bertz CT molecular complexity index is 976. The van der Waals surface area contributed by atoms with Crippen LogP contribution < -0.4 is 20.3 Å². The van der Waals surface area contributed by atoms with Crippen molar-refractivity contribution >= 4 is 17.5 Å². The molecule has 0 spiro atoms. The van der Waals surface area contributed by atoms with Gasteiger partial charge < -0.3 is 24.9 Å². The molecule has 0 fully saturated rings. The molecule has 2 amide bonds. The van der Waals surface area contributed by atoms with Gasteiger partial charge in [-0.1, -0.05) is 32.0 Å². The molecule has 1 heterocycles. The highest BCUT2D eigenvalue weighted by atomic mass is 16.5. The highest BCUT2D eigenvalue weighted by Gasteiger charge is 2.35. The Morgan fingerprint density at radius 3 is 2.66 bits per heavy atom. The van der Waals surface area contributed by atoms with Crippen LogP contribution in [0.3, 0.4) is 0 Å². The first-order chi connectivity index (χ1) is 15.4. The number of nitrogens with one attached hydrogen (secondary N) is 2. The number of ether oxygens (including phenoxy) is 2. The number of carbonyl (C=O) groups is 2. The number of hydrogen-bond donors (Lipinski definition) is 3. The lowest BCUT2D eigenvalue weighted by Gasteiger charge is -2.29. The summed E-state index contributed by atoms with van der Waals surface area (Å²) in [7, 11) is 1.58. The SMILES string of the molecule is CCOc1cc(C(CCNO)N2Cc3cccc(NC(=O)C(C)C)c3C2=O)ccc1OC. The maximum Gasteiger partial charge on any atom is 0.257 e. The van der Waals surface area contributed by atoms with Gasteiger partial charge in [0.15, 0.2) is 11.5 Å². The first-order valence-corrected chi connectivity index (χ1v) is 10.8. The number of rotatable bonds is 10. The maximum absolute atomic E-state index is 13.5. The van der Waals surface area contributed by atoms with Crippen molar-refractivity contribution in [3.05, 3.63) is 53.1 Å². The number of carbonyl (C=O) groups excluding carboxylic acids is 2. The van der Waals surface area contributed by atoms with E-state index in [1.54, 1.807) is 18.1 Å². The predicted molar refractivity (Wildman–Crippen MR) is 121 cm³/mol. The minimum absolute atomic E-state index is 0.137. The first-order valence-electron chi connectivity index (χ1n) is 10.8. The van der Waals surface area contributed by atoms with E-state index in [1.807, 2.05) is 51.1 Å². The van der Waals surface area contributed by atoms with E-state index in [4.69, 9.17) is 9.47 Å². The molecule has 0 aliphatic carbocycles. The van der Waals surface area contributed by atoms with Crippen molar-refractivity contribution in [2.45, 2.75) is 39.8 Å². The molecular weight excluding hydrogens is 410 g/mol. The Labute approximate surface area is 188 Å². The molecule has 3 N–H and O–H groups in total. The van der Waals surface area contributed by atoms with Crippen LogP contribution in [0.5, 0.6) is 11.5 Å². The summed E-state index contributed by atoms with van der Waals surface area (Å²) in [6.45, 7) is 6.71. The van der Waals surface area contributed by atoms with Crippen LogP contribution in [0, 0.1) is 5.92 Å². The minimum Gasteiger partial charge on any atom is -0.493 e. The fourth-order valence-electron chi connectivity index (χ4n) is 3.89. The molecule has 1 aliphatic rings. The van der Waals surface area contributed by atoms with E-state index in [1.165, 1.54) is 0 Å². The first kappa shape index (κ1) is 23.6. The van der Waals surface area contributed by atoms with Gasteiger partial charge in [-0.2, -0.15) is 0 Å². The Morgan fingerprint density at radius 2 is 2.00 bits per heavy atom. The van der Waals surface area contributed by atoms with E-state index in [-0.39, 0.29) is 23.8 Å². The molecule has 2 aromatic rings. The van der Waals surface area contributed by atoms with Gasteiger partial charge in [0.05, 0.1) is 31.0 Å². The number of hydroxylamine groups is 1. The summed E-state index contributed by atoms with van der Waals surface area (Å²) in [5.41, 5.74) is 4.96. The van der Waals surface area contributed by atoms with E-state index in [0.29, 0.717) is 48.9 Å². The van der Waals surface area contributed by atoms with Gasteiger partial charge in [-0.25, -0.2) is 5.48 Å². The van der Waals surface area contributed by atoms with Crippen molar-refractivity contribution in [1.82, 2.24) is 10.4 Å². The van der Waals surface area contributed by atoms with E-state index >= 15 is 0 Å². The molecule has 1 aliphatic heterocycles. The minimum atomic E-state index is -0.312. The zero-order chi connectivity index (χ0) is 23.3. The zero-order valence-corrected chi connectivity index (χ0v) is 19.0. The standard InChI is InChI=1S/C24H31N3O5/c1-5-32-21-13-16(9-10-20(21)31-4)19(11-12-25-30)27-14-17-7-6-8-18(22(17)24(27)29)26-23(28)15(2)3/h6-10,13,15,19,25,30H,5,11-12,14H2,1-4H3,(H,26,28). The summed E-state index contributed by atoms with van der Waals surface area (Å²) in [5.74, 6) is 0.726. The third-order valence-electron chi connectivity index (χ3n) is 5.53. The second-order valence-electron chi connectivity index (χ2n) is 7.97. The van der Waals surface area contributed by atoms with Crippen molar-refractivity contribution in [3.8, 4) is 11.5 Å². The van der Waals surface area contributed by atoms with E-state index < -0.39 is 0 Å². The topological polar surface area (TPSA) is 100 Å². The van der Waals surface area contributed by atoms with Gasteiger partial charge in [0.25, 0.3) is 5.91 Å². The summed E-state index contributed by atoms with van der Waals surface area (Å²) in [4.78, 5) is 27.5. The average Bonchev–Trinajstić information content (AvgIpc) is 3.11. The molecule has 32 heavy (non-hydrogen) atoms. The van der Waals surface area contributed by atoms with Crippen LogP contribution in [0.4, 0.5) is 5.69 Å².